The quantitative estimate of drug-likeness (QED) is 0.546. The molecule has 0 radical (unpaired) electrons. The molecule has 0 saturated heterocycles. The van der Waals surface area contributed by atoms with Gasteiger partial charge in [0, 0.05) is 24.9 Å². The van der Waals surface area contributed by atoms with E-state index in [0.717, 1.165) is 0 Å². The van der Waals surface area contributed by atoms with Gasteiger partial charge in [-0.05, 0) is 0 Å². The van der Waals surface area contributed by atoms with Crippen molar-refractivity contribution in [1.82, 2.24) is 10.2 Å². The third-order valence-corrected chi connectivity index (χ3v) is 1.79. The van der Waals surface area contributed by atoms with Crippen LogP contribution in [0.15, 0.2) is 12.4 Å². The number of nitrogens with zero attached hydrogens (tertiary/aromatic N) is 1. The lowest BCUT2D eigenvalue weighted by Crippen LogP contribution is -2.43. The largest absolute Gasteiger partial charge is 0.370 e. The third kappa shape index (κ3) is 1.25. The number of rotatable bonds is 0. The van der Waals surface area contributed by atoms with Crippen LogP contribution in [0.2, 0.25) is 0 Å². The van der Waals surface area contributed by atoms with Crippen molar-refractivity contribution in [1.29, 1.82) is 0 Å². The molecule has 2 heteroatoms. The van der Waals surface area contributed by atoms with Gasteiger partial charge < -0.3 is 10.2 Å². The number of hydrogen-bond donors (Lipinski definition) is 1. The van der Waals surface area contributed by atoms with Gasteiger partial charge in [0.2, 0.25) is 0 Å². The SMILES string of the molecule is CN1C=CNC1C(C)(C)C. The summed E-state index contributed by atoms with van der Waals surface area (Å²) >= 11 is 0. The summed E-state index contributed by atoms with van der Waals surface area (Å²) in [7, 11) is 2.09. The molecule has 1 unspecified atom stereocenters. The molecule has 1 N–H and O–H groups in total. The fourth-order valence-electron chi connectivity index (χ4n) is 1.32. The van der Waals surface area contributed by atoms with E-state index >= 15 is 0 Å². The average Bonchev–Trinajstić information content (AvgIpc) is 2.11. The average molecular weight is 140 g/mol. The number of nitrogens with one attached hydrogen (secondary N) is 1. The van der Waals surface area contributed by atoms with Gasteiger partial charge in [-0.3, -0.25) is 0 Å². The first-order chi connectivity index (χ1) is 4.52. The minimum Gasteiger partial charge on any atom is -0.370 e. The Morgan fingerprint density at radius 2 is 2.00 bits per heavy atom. The van der Waals surface area contributed by atoms with Crippen LogP contribution in [0.4, 0.5) is 0 Å². The highest BCUT2D eigenvalue weighted by Gasteiger charge is 2.28. The van der Waals surface area contributed by atoms with E-state index in [2.05, 4.69) is 44.2 Å². The zero-order valence-electron chi connectivity index (χ0n) is 7.18. The first kappa shape index (κ1) is 7.45. The van der Waals surface area contributed by atoms with Crippen molar-refractivity contribution in [2.45, 2.75) is 26.9 Å². The smallest absolute Gasteiger partial charge is 0.103 e. The lowest BCUT2D eigenvalue weighted by atomic mass is 9.92. The lowest BCUT2D eigenvalue weighted by molar-refractivity contribution is 0.169. The standard InChI is InChI=1S/C8H16N2/c1-8(2,3)7-9-5-6-10(7)4/h5-7,9H,1-4H3. The summed E-state index contributed by atoms with van der Waals surface area (Å²) in [5, 5.41) is 3.29. The molecular weight excluding hydrogens is 124 g/mol. The van der Waals surface area contributed by atoms with Crippen LogP contribution in [0.25, 0.3) is 0 Å². The van der Waals surface area contributed by atoms with E-state index in [1.165, 1.54) is 0 Å². The Morgan fingerprint density at radius 1 is 1.40 bits per heavy atom. The van der Waals surface area contributed by atoms with Crippen LogP contribution in [0.1, 0.15) is 20.8 Å². The van der Waals surface area contributed by atoms with E-state index in [9.17, 15) is 0 Å². The van der Waals surface area contributed by atoms with Crippen molar-refractivity contribution in [2.24, 2.45) is 5.41 Å². The van der Waals surface area contributed by atoms with Crippen molar-refractivity contribution >= 4 is 0 Å². The van der Waals surface area contributed by atoms with Crippen molar-refractivity contribution in [2.75, 3.05) is 7.05 Å². The summed E-state index contributed by atoms with van der Waals surface area (Å²) in [5.41, 5.74) is 0.304. The second-order valence-corrected chi connectivity index (χ2v) is 3.92. The van der Waals surface area contributed by atoms with Gasteiger partial charge in [0.05, 0.1) is 0 Å². The third-order valence-electron chi connectivity index (χ3n) is 1.79. The summed E-state index contributed by atoms with van der Waals surface area (Å²) in [6.45, 7) is 6.69. The molecule has 1 aliphatic heterocycles. The molecule has 0 amide bonds. The van der Waals surface area contributed by atoms with E-state index in [4.69, 9.17) is 0 Å². The summed E-state index contributed by atoms with van der Waals surface area (Å²) in [6, 6.07) is 0. The maximum absolute atomic E-state index is 3.29. The molecule has 58 valence electrons. The molecule has 1 aliphatic rings. The maximum atomic E-state index is 3.29. The number of hydrogen-bond acceptors (Lipinski definition) is 2. The molecular formula is C8H16N2. The van der Waals surface area contributed by atoms with Gasteiger partial charge in [0.1, 0.15) is 6.17 Å². The molecule has 2 nitrogen and oxygen atoms in total. The molecule has 0 saturated carbocycles. The Balaban J connectivity index is 2.60. The summed E-state index contributed by atoms with van der Waals surface area (Å²) in [5.74, 6) is 0. The van der Waals surface area contributed by atoms with Crippen molar-refractivity contribution in [3.8, 4) is 0 Å². The van der Waals surface area contributed by atoms with Gasteiger partial charge in [-0.25, -0.2) is 0 Å². The Morgan fingerprint density at radius 3 is 2.20 bits per heavy atom. The Bertz CT molecular complexity index is 144. The second kappa shape index (κ2) is 2.19. The molecule has 0 fully saturated rings. The minimum absolute atomic E-state index is 0.304. The van der Waals surface area contributed by atoms with Crippen molar-refractivity contribution in [3.63, 3.8) is 0 Å². The molecule has 1 heterocycles. The van der Waals surface area contributed by atoms with Crippen LogP contribution in [-0.2, 0) is 0 Å². The highest BCUT2D eigenvalue weighted by molar-refractivity contribution is 4.96. The first-order valence-corrected chi connectivity index (χ1v) is 3.66. The van der Waals surface area contributed by atoms with Gasteiger partial charge in [-0.15, -0.1) is 0 Å². The summed E-state index contributed by atoms with van der Waals surface area (Å²) in [4.78, 5) is 2.19. The molecule has 0 aromatic carbocycles. The molecule has 0 bridgehead atoms. The van der Waals surface area contributed by atoms with Gasteiger partial charge in [0.25, 0.3) is 0 Å². The monoisotopic (exact) mass is 140 g/mol. The molecule has 0 aliphatic carbocycles. The Labute approximate surface area is 62.9 Å². The van der Waals surface area contributed by atoms with Gasteiger partial charge in [-0.2, -0.15) is 0 Å². The van der Waals surface area contributed by atoms with Gasteiger partial charge in [0.15, 0.2) is 0 Å². The summed E-state index contributed by atoms with van der Waals surface area (Å²) in [6.07, 6.45) is 4.51. The predicted octanol–water partition coefficient (Wildman–Crippen LogP) is 1.36. The molecule has 0 aromatic rings. The van der Waals surface area contributed by atoms with Crippen LogP contribution in [0.5, 0.6) is 0 Å². The van der Waals surface area contributed by atoms with Crippen molar-refractivity contribution < 1.29 is 0 Å². The van der Waals surface area contributed by atoms with E-state index in [1.54, 1.807) is 0 Å². The first-order valence-electron chi connectivity index (χ1n) is 3.66. The van der Waals surface area contributed by atoms with E-state index in [1.807, 2.05) is 6.20 Å². The van der Waals surface area contributed by atoms with E-state index < -0.39 is 0 Å². The van der Waals surface area contributed by atoms with Crippen LogP contribution in [-0.4, -0.2) is 18.1 Å². The molecule has 10 heavy (non-hydrogen) atoms. The zero-order chi connectivity index (χ0) is 7.78. The second-order valence-electron chi connectivity index (χ2n) is 3.92. The minimum atomic E-state index is 0.304. The fraction of sp³-hybridized carbons (Fsp3) is 0.750. The lowest BCUT2D eigenvalue weighted by Gasteiger charge is -2.33. The van der Waals surface area contributed by atoms with Crippen LogP contribution >= 0.6 is 0 Å². The van der Waals surface area contributed by atoms with Crippen LogP contribution < -0.4 is 5.32 Å². The van der Waals surface area contributed by atoms with Gasteiger partial charge >= 0.3 is 0 Å². The highest BCUT2D eigenvalue weighted by Crippen LogP contribution is 2.23. The Hall–Kier alpha value is -0.660. The van der Waals surface area contributed by atoms with Crippen molar-refractivity contribution in [3.05, 3.63) is 12.4 Å². The predicted molar refractivity (Wildman–Crippen MR) is 43.3 cm³/mol. The molecule has 1 rings (SSSR count). The topological polar surface area (TPSA) is 15.3 Å². The van der Waals surface area contributed by atoms with E-state index in [0.29, 0.717) is 11.6 Å². The van der Waals surface area contributed by atoms with Crippen LogP contribution in [0, 0.1) is 5.41 Å². The molecule has 0 aromatic heterocycles. The zero-order valence-corrected chi connectivity index (χ0v) is 7.18. The van der Waals surface area contributed by atoms with Crippen LogP contribution in [0.3, 0.4) is 0 Å². The normalized spacial score (nSPS) is 25.2. The van der Waals surface area contributed by atoms with Gasteiger partial charge in [-0.1, -0.05) is 20.8 Å². The summed E-state index contributed by atoms with van der Waals surface area (Å²) < 4.78 is 0. The maximum Gasteiger partial charge on any atom is 0.103 e. The fourth-order valence-corrected chi connectivity index (χ4v) is 1.32. The molecule has 0 spiro atoms. The highest BCUT2D eigenvalue weighted by atomic mass is 15.3. The Kier molecular flexibility index (Phi) is 1.63. The van der Waals surface area contributed by atoms with E-state index in [-0.39, 0.29) is 0 Å². The molecule has 1 atom stereocenters.